The molecule has 2 amide bonds. The van der Waals surface area contributed by atoms with E-state index in [0.717, 1.165) is 121 Å². The van der Waals surface area contributed by atoms with Gasteiger partial charge in [-0.1, -0.05) is 52.0 Å². The molecule has 0 saturated carbocycles. The van der Waals surface area contributed by atoms with Crippen molar-refractivity contribution in [1.82, 2.24) is 30.2 Å². The standard InChI is InChI=1S/C27H42FN3O2.C25H38FN3O2S2.2ClH/c1-4-14-29-26(33)19-30(15-5-2)16-7-17-31-22-12-13-24(31)27(25(32)6-3)23(18-22)20-8-10-21(28)11-9-20;1-2-23(30)25-21(18-4-6-19(26)7-5-18)16-20-8-9-22(25)29(20)12-3-11-28(13-15-33)17-24(31)27-10-14-32;;/h8-11,22-24,27H,4-7,12-19H2,1-3H3,(H,29,33);4-7,20-22,25,32-33H,2-3,8-17H2,1H3,(H,27,31);2*1H/t22-,23+,24?,27?;20-,21+,22?,25?;;/m11../s1. The van der Waals surface area contributed by atoms with Crippen molar-refractivity contribution in [2.24, 2.45) is 11.8 Å². The number of amides is 2. The smallest absolute Gasteiger partial charge is 0.234 e. The molecule has 0 aromatic heterocycles. The van der Waals surface area contributed by atoms with E-state index in [9.17, 15) is 28.0 Å². The van der Waals surface area contributed by atoms with E-state index in [1.165, 1.54) is 24.3 Å². The van der Waals surface area contributed by atoms with Crippen LogP contribution < -0.4 is 10.6 Å². The zero-order valence-corrected chi connectivity index (χ0v) is 44.5. The molecule has 68 heavy (non-hydrogen) atoms. The molecule has 4 aliphatic heterocycles. The fourth-order valence-corrected chi connectivity index (χ4v) is 12.1. The maximum absolute atomic E-state index is 13.5. The van der Waals surface area contributed by atoms with E-state index < -0.39 is 0 Å². The van der Waals surface area contributed by atoms with E-state index >= 15 is 0 Å². The number of benzene rings is 2. The third kappa shape index (κ3) is 16.9. The topological polar surface area (TPSA) is 105 Å². The lowest BCUT2D eigenvalue weighted by Gasteiger charge is -2.44. The summed E-state index contributed by atoms with van der Waals surface area (Å²) >= 11 is 8.49. The molecule has 16 heteroatoms. The fraction of sp³-hybridized carbons (Fsp3) is 0.692. The van der Waals surface area contributed by atoms with Gasteiger partial charge in [-0.2, -0.15) is 25.3 Å². The molecule has 2 aromatic rings. The lowest BCUT2D eigenvalue weighted by molar-refractivity contribution is -0.128. The van der Waals surface area contributed by atoms with Crippen LogP contribution in [0.5, 0.6) is 0 Å². The number of piperidine rings is 2. The average Bonchev–Trinajstić information content (AvgIpc) is 3.75. The number of nitrogens with one attached hydrogen (secondary N) is 2. The van der Waals surface area contributed by atoms with Crippen LogP contribution in [0.25, 0.3) is 0 Å². The molecule has 4 aliphatic rings. The molecule has 2 aromatic carbocycles. The Balaban J connectivity index is 0.000000350. The van der Waals surface area contributed by atoms with Crippen LogP contribution in [-0.4, -0.2) is 144 Å². The van der Waals surface area contributed by atoms with Crippen LogP contribution in [0.1, 0.15) is 128 Å². The molecule has 384 valence electrons. The van der Waals surface area contributed by atoms with E-state index in [0.29, 0.717) is 67.6 Å². The second-order valence-electron chi connectivity index (χ2n) is 19.0. The first-order valence-electron chi connectivity index (χ1n) is 25.2. The zero-order chi connectivity index (χ0) is 47.6. The van der Waals surface area contributed by atoms with Crippen LogP contribution in [0.3, 0.4) is 0 Å². The monoisotopic (exact) mass is 1030 g/mol. The number of hydrogen-bond acceptors (Lipinski definition) is 10. The maximum atomic E-state index is 13.5. The summed E-state index contributed by atoms with van der Waals surface area (Å²) in [6.07, 6.45) is 11.3. The Morgan fingerprint density at radius 1 is 0.588 bits per heavy atom. The van der Waals surface area contributed by atoms with Gasteiger partial charge in [0.05, 0.1) is 13.1 Å². The molecule has 2 N–H and O–H groups in total. The molecule has 0 radical (unpaired) electrons. The summed E-state index contributed by atoms with van der Waals surface area (Å²) in [5.41, 5.74) is 2.19. The van der Waals surface area contributed by atoms with Gasteiger partial charge in [0.2, 0.25) is 11.8 Å². The van der Waals surface area contributed by atoms with Crippen molar-refractivity contribution >= 4 is 73.5 Å². The molecular formula is C52H82Cl2F2N6O4S2. The lowest BCUT2D eigenvalue weighted by atomic mass is 9.73. The minimum absolute atomic E-state index is 0. The van der Waals surface area contributed by atoms with Crippen LogP contribution in [0.15, 0.2) is 48.5 Å². The van der Waals surface area contributed by atoms with Crippen LogP contribution in [0.2, 0.25) is 0 Å². The van der Waals surface area contributed by atoms with E-state index in [1.807, 2.05) is 38.1 Å². The van der Waals surface area contributed by atoms with Crippen molar-refractivity contribution in [2.75, 3.05) is 77.0 Å². The second-order valence-corrected chi connectivity index (χ2v) is 19.9. The zero-order valence-electron chi connectivity index (χ0n) is 41.1. The van der Waals surface area contributed by atoms with Crippen LogP contribution in [0.4, 0.5) is 8.78 Å². The number of carbonyl (C=O) groups excluding carboxylic acids is 4. The Bertz CT molecular complexity index is 1690. The van der Waals surface area contributed by atoms with Crippen molar-refractivity contribution in [3.05, 3.63) is 71.3 Å². The third-order valence-electron chi connectivity index (χ3n) is 14.6. The van der Waals surface area contributed by atoms with Crippen molar-refractivity contribution in [3.63, 3.8) is 0 Å². The van der Waals surface area contributed by atoms with E-state index in [1.54, 1.807) is 0 Å². The summed E-state index contributed by atoms with van der Waals surface area (Å²) in [7, 11) is 0. The summed E-state index contributed by atoms with van der Waals surface area (Å²) in [6, 6.07) is 15.0. The Hall–Kier alpha value is -2.30. The predicted molar refractivity (Wildman–Crippen MR) is 283 cm³/mol. The minimum atomic E-state index is -0.234. The molecule has 0 spiro atoms. The number of thiol groups is 2. The number of ketones is 2. The van der Waals surface area contributed by atoms with E-state index in [2.05, 4.69) is 69.3 Å². The number of Topliss-reactive ketones (excluding diaryl/α,β-unsaturated/α-hetero) is 2. The first-order valence-corrected chi connectivity index (χ1v) is 26.5. The first kappa shape index (κ1) is 60.0. The van der Waals surface area contributed by atoms with Gasteiger partial charge in [0.25, 0.3) is 0 Å². The second kappa shape index (κ2) is 31.2. The molecule has 4 fully saturated rings. The van der Waals surface area contributed by atoms with Crippen LogP contribution in [-0.2, 0) is 19.2 Å². The lowest BCUT2D eigenvalue weighted by Crippen LogP contribution is -2.51. The average molecular weight is 1030 g/mol. The van der Waals surface area contributed by atoms with Crippen molar-refractivity contribution < 1.29 is 28.0 Å². The number of nitrogens with zero attached hydrogens (tertiary/aromatic N) is 4. The summed E-state index contributed by atoms with van der Waals surface area (Å²) in [6.45, 7) is 15.6. The van der Waals surface area contributed by atoms with Gasteiger partial charge in [-0.25, -0.2) is 8.78 Å². The quantitative estimate of drug-likeness (QED) is 0.0696. The summed E-state index contributed by atoms with van der Waals surface area (Å²) < 4.78 is 27.0. The van der Waals surface area contributed by atoms with Crippen molar-refractivity contribution in [2.45, 2.75) is 141 Å². The van der Waals surface area contributed by atoms with Gasteiger partial charge in [0.15, 0.2) is 0 Å². The molecule has 4 unspecified atom stereocenters. The van der Waals surface area contributed by atoms with Crippen molar-refractivity contribution in [3.8, 4) is 0 Å². The SMILES string of the molecule is CCC(=O)C1C2CC[C@H](C[C@H]1c1ccc(F)cc1)N2CCCN(CCS)CC(=O)NCCS.CCCNC(=O)CN(CCC)CCCN1C2CC[C@@H]1C[C@@H](c1ccc(F)cc1)C2C(=O)CC.Cl.Cl. The highest BCUT2D eigenvalue weighted by atomic mass is 35.5. The Morgan fingerprint density at radius 3 is 1.40 bits per heavy atom. The Kier molecular flexibility index (Phi) is 27.6. The highest BCUT2D eigenvalue weighted by molar-refractivity contribution is 7.80. The molecule has 4 bridgehead atoms. The molecular weight excluding hydrogens is 946 g/mol. The summed E-state index contributed by atoms with van der Waals surface area (Å²) in [5.74, 6) is 1.99. The molecule has 6 rings (SSSR count). The van der Waals surface area contributed by atoms with Crippen LogP contribution in [0, 0.1) is 23.5 Å². The number of fused-ring (bicyclic) bond motifs is 4. The first-order chi connectivity index (χ1) is 32.0. The van der Waals surface area contributed by atoms with Gasteiger partial charge in [-0.05, 0) is 144 Å². The molecule has 4 heterocycles. The minimum Gasteiger partial charge on any atom is -0.355 e. The number of rotatable bonds is 26. The van der Waals surface area contributed by atoms with Gasteiger partial charge >= 0.3 is 0 Å². The number of halogens is 4. The highest BCUT2D eigenvalue weighted by Crippen LogP contribution is 2.49. The van der Waals surface area contributed by atoms with Crippen molar-refractivity contribution in [1.29, 1.82) is 0 Å². The number of carbonyl (C=O) groups is 4. The number of hydrogen-bond donors (Lipinski definition) is 4. The normalized spacial score (nSPS) is 24.1. The van der Waals surface area contributed by atoms with Gasteiger partial charge in [0.1, 0.15) is 23.2 Å². The van der Waals surface area contributed by atoms with Gasteiger partial charge < -0.3 is 10.6 Å². The largest absolute Gasteiger partial charge is 0.355 e. The highest BCUT2D eigenvalue weighted by Gasteiger charge is 2.50. The molecule has 4 saturated heterocycles. The van der Waals surface area contributed by atoms with Gasteiger partial charge in [-0.3, -0.25) is 38.8 Å². The fourth-order valence-electron chi connectivity index (χ4n) is 11.7. The maximum Gasteiger partial charge on any atom is 0.234 e. The Morgan fingerprint density at radius 2 is 1.01 bits per heavy atom. The summed E-state index contributed by atoms with van der Waals surface area (Å²) in [5, 5.41) is 5.86. The predicted octanol–water partition coefficient (Wildman–Crippen LogP) is 8.62. The molecule has 8 atom stereocenters. The molecule has 0 aliphatic carbocycles. The molecule has 10 nitrogen and oxygen atoms in total. The van der Waals surface area contributed by atoms with Gasteiger partial charge in [0, 0.05) is 80.0 Å². The van der Waals surface area contributed by atoms with Gasteiger partial charge in [-0.15, -0.1) is 24.8 Å². The van der Waals surface area contributed by atoms with E-state index in [4.69, 9.17) is 0 Å². The van der Waals surface area contributed by atoms with E-state index in [-0.39, 0.29) is 84.0 Å². The Labute approximate surface area is 430 Å². The summed E-state index contributed by atoms with van der Waals surface area (Å²) in [4.78, 5) is 60.0. The third-order valence-corrected chi connectivity index (χ3v) is 15.1. The van der Waals surface area contributed by atoms with Crippen LogP contribution >= 0.6 is 50.1 Å².